The van der Waals surface area contributed by atoms with E-state index >= 15 is 0 Å². The van der Waals surface area contributed by atoms with Crippen molar-refractivity contribution in [3.8, 4) is 0 Å². The van der Waals surface area contributed by atoms with Crippen molar-refractivity contribution in [1.82, 2.24) is 9.97 Å². The first-order chi connectivity index (χ1) is 12.8. The van der Waals surface area contributed by atoms with E-state index in [1.54, 1.807) is 41.6 Å². The van der Waals surface area contributed by atoms with Crippen LogP contribution in [0.2, 0.25) is 0 Å². The number of nitrogens with one attached hydrogen (secondary N) is 1. The number of aromatic nitrogens is 2. The van der Waals surface area contributed by atoms with Gasteiger partial charge in [-0.3, -0.25) is 9.78 Å². The van der Waals surface area contributed by atoms with E-state index in [1.165, 1.54) is 4.70 Å². The third-order valence-electron chi connectivity index (χ3n) is 3.77. The van der Waals surface area contributed by atoms with Crippen LogP contribution in [0.3, 0.4) is 0 Å². The molecule has 2 heterocycles. The highest BCUT2D eigenvalue weighted by molar-refractivity contribution is 8.00. The summed E-state index contributed by atoms with van der Waals surface area (Å²) >= 11 is 3.42. The van der Waals surface area contributed by atoms with Gasteiger partial charge in [-0.2, -0.15) is 0 Å². The summed E-state index contributed by atoms with van der Waals surface area (Å²) in [6.45, 7) is 0. The fraction of sp³-hybridized carbons (Fsp3) is 0.0500. The maximum absolute atomic E-state index is 12.3. The van der Waals surface area contributed by atoms with Gasteiger partial charge in [0.1, 0.15) is 0 Å². The molecule has 0 bridgehead atoms. The number of pyridine rings is 1. The molecule has 128 valence electrons. The van der Waals surface area contributed by atoms with E-state index < -0.39 is 0 Å². The number of amides is 1. The Morgan fingerprint density at radius 2 is 1.88 bits per heavy atom. The molecule has 4 rings (SSSR count). The first kappa shape index (κ1) is 16.8. The normalized spacial score (nSPS) is 10.8. The first-order valence-corrected chi connectivity index (χ1v) is 9.87. The Morgan fingerprint density at radius 1 is 1.04 bits per heavy atom. The molecule has 1 amide bonds. The molecule has 0 saturated heterocycles. The number of anilines is 1. The van der Waals surface area contributed by atoms with Crippen molar-refractivity contribution < 1.29 is 4.79 Å². The van der Waals surface area contributed by atoms with Crippen LogP contribution in [0.15, 0.2) is 77.4 Å². The average Bonchev–Trinajstić information content (AvgIpc) is 3.10. The molecule has 2 aromatic carbocycles. The van der Waals surface area contributed by atoms with E-state index in [-0.39, 0.29) is 5.91 Å². The Bertz CT molecular complexity index is 997. The lowest BCUT2D eigenvalue weighted by Gasteiger charge is -2.05. The number of carbonyl (C=O) groups excluding carboxylic acids is 1. The number of nitrogens with zero attached hydrogens (tertiary/aromatic N) is 2. The van der Waals surface area contributed by atoms with Gasteiger partial charge in [0, 0.05) is 17.5 Å². The van der Waals surface area contributed by atoms with Gasteiger partial charge in [0.05, 0.1) is 22.1 Å². The van der Waals surface area contributed by atoms with Gasteiger partial charge in [-0.15, -0.1) is 11.3 Å². The summed E-state index contributed by atoms with van der Waals surface area (Å²) < 4.78 is 2.27. The van der Waals surface area contributed by atoms with Crippen molar-refractivity contribution in [1.29, 1.82) is 0 Å². The number of hydrogen-bond acceptors (Lipinski definition) is 5. The highest BCUT2D eigenvalue weighted by atomic mass is 32.2. The monoisotopic (exact) mass is 377 g/mol. The SMILES string of the molecule is O=C(Nc1cccnc1)c1ccc(CSc2nc3ccccc3s2)cc1. The molecule has 0 spiro atoms. The zero-order valence-corrected chi connectivity index (χ0v) is 15.4. The zero-order valence-electron chi connectivity index (χ0n) is 13.8. The summed E-state index contributed by atoms with van der Waals surface area (Å²) in [6, 6.07) is 19.4. The molecule has 0 unspecified atom stereocenters. The highest BCUT2D eigenvalue weighted by Gasteiger charge is 2.07. The number of para-hydroxylation sites is 1. The smallest absolute Gasteiger partial charge is 0.255 e. The minimum absolute atomic E-state index is 0.136. The lowest BCUT2D eigenvalue weighted by atomic mass is 10.1. The topological polar surface area (TPSA) is 54.9 Å². The van der Waals surface area contributed by atoms with E-state index in [0.717, 1.165) is 21.2 Å². The molecule has 26 heavy (non-hydrogen) atoms. The maximum Gasteiger partial charge on any atom is 0.255 e. The second-order valence-electron chi connectivity index (χ2n) is 5.63. The average molecular weight is 377 g/mol. The van der Waals surface area contributed by atoms with Gasteiger partial charge < -0.3 is 5.32 Å². The van der Waals surface area contributed by atoms with Crippen LogP contribution >= 0.6 is 23.1 Å². The molecule has 6 heteroatoms. The zero-order chi connectivity index (χ0) is 17.8. The summed E-state index contributed by atoms with van der Waals surface area (Å²) in [5.74, 6) is 0.688. The Labute approximate surface area is 159 Å². The van der Waals surface area contributed by atoms with Crippen LogP contribution in [0.4, 0.5) is 5.69 Å². The number of rotatable bonds is 5. The fourth-order valence-corrected chi connectivity index (χ4v) is 4.47. The number of benzene rings is 2. The molecular formula is C20H15N3OS2. The Balaban J connectivity index is 1.38. The number of thioether (sulfide) groups is 1. The van der Waals surface area contributed by atoms with Crippen molar-refractivity contribution in [3.63, 3.8) is 0 Å². The lowest BCUT2D eigenvalue weighted by molar-refractivity contribution is 0.102. The van der Waals surface area contributed by atoms with Crippen LogP contribution in [-0.4, -0.2) is 15.9 Å². The summed E-state index contributed by atoms with van der Waals surface area (Å²) in [7, 11) is 0. The Morgan fingerprint density at radius 3 is 2.65 bits per heavy atom. The number of thiazole rings is 1. The van der Waals surface area contributed by atoms with Gasteiger partial charge in [-0.1, -0.05) is 36.0 Å². The van der Waals surface area contributed by atoms with Gasteiger partial charge in [-0.25, -0.2) is 4.98 Å². The lowest BCUT2D eigenvalue weighted by Crippen LogP contribution is -2.11. The minimum Gasteiger partial charge on any atom is -0.321 e. The van der Waals surface area contributed by atoms with Gasteiger partial charge in [0.15, 0.2) is 4.34 Å². The van der Waals surface area contributed by atoms with Crippen molar-refractivity contribution in [2.75, 3.05) is 5.32 Å². The molecule has 1 N–H and O–H groups in total. The molecular weight excluding hydrogens is 362 g/mol. The van der Waals surface area contributed by atoms with Crippen LogP contribution in [0.1, 0.15) is 15.9 Å². The van der Waals surface area contributed by atoms with Crippen molar-refractivity contribution in [3.05, 3.63) is 84.2 Å². The maximum atomic E-state index is 12.3. The van der Waals surface area contributed by atoms with Crippen LogP contribution in [0.5, 0.6) is 0 Å². The molecule has 0 fully saturated rings. The van der Waals surface area contributed by atoms with Gasteiger partial charge >= 0.3 is 0 Å². The van der Waals surface area contributed by atoms with Crippen molar-refractivity contribution in [2.45, 2.75) is 10.1 Å². The largest absolute Gasteiger partial charge is 0.321 e. The molecule has 0 radical (unpaired) electrons. The first-order valence-electron chi connectivity index (χ1n) is 8.07. The molecule has 0 aliphatic heterocycles. The van der Waals surface area contributed by atoms with Crippen molar-refractivity contribution >= 4 is 44.9 Å². The molecule has 0 atom stereocenters. The summed E-state index contributed by atoms with van der Waals surface area (Å²) in [6.07, 6.45) is 3.30. The van der Waals surface area contributed by atoms with Crippen LogP contribution in [0.25, 0.3) is 10.2 Å². The molecule has 0 aliphatic rings. The van der Waals surface area contributed by atoms with E-state index in [4.69, 9.17) is 0 Å². The van der Waals surface area contributed by atoms with E-state index in [1.807, 2.05) is 48.5 Å². The van der Waals surface area contributed by atoms with Crippen LogP contribution < -0.4 is 5.32 Å². The quantitative estimate of drug-likeness (QED) is 0.484. The van der Waals surface area contributed by atoms with Gasteiger partial charge in [0.25, 0.3) is 5.91 Å². The van der Waals surface area contributed by atoms with Gasteiger partial charge in [-0.05, 0) is 42.0 Å². The summed E-state index contributed by atoms with van der Waals surface area (Å²) in [5.41, 5.74) is 3.52. The van der Waals surface area contributed by atoms with Gasteiger partial charge in [0.2, 0.25) is 0 Å². The highest BCUT2D eigenvalue weighted by Crippen LogP contribution is 2.31. The molecule has 2 aromatic heterocycles. The third-order valence-corrected chi connectivity index (χ3v) is 6.02. The standard InChI is InChI=1S/C20H15N3OS2/c24-19(22-16-4-3-11-21-12-16)15-9-7-14(8-10-15)13-25-20-23-17-5-1-2-6-18(17)26-20/h1-12H,13H2,(H,22,24). The summed E-state index contributed by atoms with van der Waals surface area (Å²) in [5, 5.41) is 2.84. The Hall–Kier alpha value is -2.70. The number of fused-ring (bicyclic) bond motifs is 1. The predicted octanol–water partition coefficient (Wildman–Crippen LogP) is 5.24. The third kappa shape index (κ3) is 3.92. The molecule has 4 aromatic rings. The second-order valence-corrected chi connectivity index (χ2v) is 7.88. The van der Waals surface area contributed by atoms with Crippen LogP contribution in [-0.2, 0) is 5.75 Å². The predicted molar refractivity (Wildman–Crippen MR) is 108 cm³/mol. The van der Waals surface area contributed by atoms with E-state index in [0.29, 0.717) is 11.3 Å². The molecule has 4 nitrogen and oxygen atoms in total. The number of carbonyl (C=O) groups is 1. The number of hydrogen-bond donors (Lipinski definition) is 1. The molecule has 0 saturated carbocycles. The van der Waals surface area contributed by atoms with E-state index in [2.05, 4.69) is 21.4 Å². The van der Waals surface area contributed by atoms with Crippen LogP contribution in [0, 0.1) is 0 Å². The minimum atomic E-state index is -0.136. The summed E-state index contributed by atoms with van der Waals surface area (Å²) in [4.78, 5) is 20.9. The molecule has 0 aliphatic carbocycles. The second kappa shape index (κ2) is 7.68. The fourth-order valence-electron chi connectivity index (χ4n) is 2.45. The van der Waals surface area contributed by atoms with E-state index in [9.17, 15) is 4.79 Å². The van der Waals surface area contributed by atoms with Crippen molar-refractivity contribution in [2.24, 2.45) is 0 Å². The Kier molecular flexibility index (Phi) is 4.95.